The van der Waals surface area contributed by atoms with Gasteiger partial charge in [0.05, 0.1) is 17.7 Å². The number of halogens is 1. The van der Waals surface area contributed by atoms with Crippen LogP contribution < -0.4 is 5.73 Å². The van der Waals surface area contributed by atoms with Crippen LogP contribution in [0.3, 0.4) is 0 Å². The van der Waals surface area contributed by atoms with Gasteiger partial charge < -0.3 is 5.73 Å². The molecule has 76 valence electrons. The molecule has 0 aromatic carbocycles. The van der Waals surface area contributed by atoms with Gasteiger partial charge in [-0.15, -0.1) is 0 Å². The van der Waals surface area contributed by atoms with Crippen molar-refractivity contribution in [2.75, 3.05) is 19.9 Å². The molecule has 0 atom stereocenters. The summed E-state index contributed by atoms with van der Waals surface area (Å²) in [5, 5.41) is 1.31. The smallest absolute Gasteiger partial charge is 0.280 e. The second kappa shape index (κ2) is 4.26. The van der Waals surface area contributed by atoms with Crippen molar-refractivity contribution in [2.24, 2.45) is 0 Å². The Bertz CT molecular complexity index is 356. The zero-order valence-corrected chi connectivity index (χ0v) is 8.58. The van der Waals surface area contributed by atoms with Gasteiger partial charge in [-0.25, -0.2) is 10.0 Å². The third-order valence-electron chi connectivity index (χ3n) is 1.66. The summed E-state index contributed by atoms with van der Waals surface area (Å²) in [4.78, 5) is 20.0. The van der Waals surface area contributed by atoms with Crippen molar-refractivity contribution in [3.05, 3.63) is 22.8 Å². The van der Waals surface area contributed by atoms with Crippen molar-refractivity contribution in [3.8, 4) is 0 Å². The summed E-state index contributed by atoms with van der Waals surface area (Å²) < 4.78 is 0. The Morgan fingerprint density at radius 3 is 2.86 bits per heavy atom. The van der Waals surface area contributed by atoms with Crippen LogP contribution in [-0.4, -0.2) is 30.1 Å². The number of hydrogen-bond acceptors (Lipinski definition) is 4. The zero-order valence-electron chi connectivity index (χ0n) is 7.82. The Hall–Kier alpha value is -1.33. The van der Waals surface area contributed by atoms with E-state index >= 15 is 0 Å². The number of nitrogens with two attached hydrogens (primary N) is 1. The van der Waals surface area contributed by atoms with E-state index in [1.54, 1.807) is 0 Å². The molecule has 0 aliphatic rings. The minimum Gasteiger partial charge on any atom is -0.384 e. The number of carbonyl (C=O) groups is 1. The second-order valence-electron chi connectivity index (χ2n) is 2.57. The van der Waals surface area contributed by atoms with Crippen molar-refractivity contribution >= 4 is 23.3 Å². The van der Waals surface area contributed by atoms with E-state index in [0.29, 0.717) is 0 Å². The standard InChI is InChI=1S/C8H10ClN3O2/c1-12(14-2)8(13)5-4-11-7(10)3-6(5)9/h3-4H,1-2H3,(H2,10,11). The highest BCUT2D eigenvalue weighted by Crippen LogP contribution is 2.18. The fraction of sp³-hybridized carbons (Fsp3) is 0.250. The van der Waals surface area contributed by atoms with E-state index in [1.807, 2.05) is 0 Å². The van der Waals surface area contributed by atoms with Gasteiger partial charge in [-0.2, -0.15) is 0 Å². The predicted molar refractivity (Wildman–Crippen MR) is 52.8 cm³/mol. The van der Waals surface area contributed by atoms with Crippen LogP contribution in [0, 0.1) is 0 Å². The maximum Gasteiger partial charge on any atom is 0.280 e. The van der Waals surface area contributed by atoms with Crippen molar-refractivity contribution in [3.63, 3.8) is 0 Å². The number of amides is 1. The molecule has 14 heavy (non-hydrogen) atoms. The number of rotatable bonds is 2. The van der Waals surface area contributed by atoms with Crippen molar-refractivity contribution in [1.82, 2.24) is 10.0 Å². The molecule has 6 heteroatoms. The van der Waals surface area contributed by atoms with E-state index in [0.717, 1.165) is 5.06 Å². The lowest BCUT2D eigenvalue weighted by Gasteiger charge is -2.13. The number of nitrogen functional groups attached to an aromatic ring is 1. The Balaban J connectivity index is 3.02. The summed E-state index contributed by atoms with van der Waals surface area (Å²) in [6.07, 6.45) is 1.32. The van der Waals surface area contributed by atoms with Crippen LogP contribution in [-0.2, 0) is 4.84 Å². The molecule has 0 radical (unpaired) electrons. The van der Waals surface area contributed by atoms with E-state index in [2.05, 4.69) is 4.98 Å². The monoisotopic (exact) mass is 215 g/mol. The molecule has 5 nitrogen and oxygen atoms in total. The number of aromatic nitrogens is 1. The minimum absolute atomic E-state index is 0.255. The summed E-state index contributed by atoms with van der Waals surface area (Å²) in [5.41, 5.74) is 5.64. The highest BCUT2D eigenvalue weighted by atomic mass is 35.5. The molecule has 0 saturated carbocycles. The lowest BCUT2D eigenvalue weighted by atomic mass is 10.2. The molecule has 1 aromatic heterocycles. The maximum absolute atomic E-state index is 11.5. The summed E-state index contributed by atoms with van der Waals surface area (Å²) in [5.74, 6) is -0.100. The number of hydrogen-bond donors (Lipinski definition) is 1. The van der Waals surface area contributed by atoms with Gasteiger partial charge in [-0.05, 0) is 6.07 Å². The van der Waals surface area contributed by atoms with Crippen LogP contribution in [0.15, 0.2) is 12.3 Å². The van der Waals surface area contributed by atoms with Gasteiger partial charge in [0, 0.05) is 13.2 Å². The fourth-order valence-corrected chi connectivity index (χ4v) is 1.10. The first kappa shape index (κ1) is 10.7. The molecule has 0 aliphatic carbocycles. The largest absolute Gasteiger partial charge is 0.384 e. The molecule has 0 aliphatic heterocycles. The van der Waals surface area contributed by atoms with E-state index in [-0.39, 0.29) is 22.3 Å². The zero-order chi connectivity index (χ0) is 10.7. The molecular weight excluding hydrogens is 206 g/mol. The van der Waals surface area contributed by atoms with Crippen molar-refractivity contribution in [1.29, 1.82) is 0 Å². The molecule has 1 rings (SSSR count). The molecule has 0 fully saturated rings. The summed E-state index contributed by atoms with van der Waals surface area (Å²) in [6, 6.07) is 1.41. The number of pyridine rings is 1. The van der Waals surface area contributed by atoms with Gasteiger partial charge in [0.1, 0.15) is 5.82 Å². The maximum atomic E-state index is 11.5. The third kappa shape index (κ3) is 2.12. The molecule has 0 saturated heterocycles. The normalized spacial score (nSPS) is 9.93. The molecule has 1 amide bonds. The predicted octanol–water partition coefficient (Wildman–Crippen LogP) is 0.951. The Morgan fingerprint density at radius 1 is 1.71 bits per heavy atom. The highest BCUT2D eigenvalue weighted by molar-refractivity contribution is 6.33. The summed E-state index contributed by atoms with van der Waals surface area (Å²) in [7, 11) is 2.87. The highest BCUT2D eigenvalue weighted by Gasteiger charge is 2.15. The van der Waals surface area contributed by atoms with Gasteiger partial charge in [-0.1, -0.05) is 11.6 Å². The third-order valence-corrected chi connectivity index (χ3v) is 1.98. The van der Waals surface area contributed by atoms with Crippen LogP contribution >= 0.6 is 11.6 Å². The number of nitrogens with zero attached hydrogens (tertiary/aromatic N) is 2. The van der Waals surface area contributed by atoms with E-state index in [9.17, 15) is 4.79 Å². The average molecular weight is 216 g/mol. The Kier molecular flexibility index (Phi) is 3.27. The van der Waals surface area contributed by atoms with Gasteiger partial charge in [0.25, 0.3) is 5.91 Å². The molecule has 1 heterocycles. The fourth-order valence-electron chi connectivity index (χ4n) is 0.856. The summed E-state index contributed by atoms with van der Waals surface area (Å²) >= 11 is 5.80. The minimum atomic E-state index is -0.370. The van der Waals surface area contributed by atoms with Crippen LogP contribution in [0.5, 0.6) is 0 Å². The lowest BCUT2D eigenvalue weighted by Crippen LogP contribution is -2.25. The molecule has 2 N–H and O–H groups in total. The molecule has 0 bridgehead atoms. The van der Waals surface area contributed by atoms with Crippen molar-refractivity contribution < 1.29 is 9.63 Å². The summed E-state index contributed by atoms with van der Waals surface area (Å²) in [6.45, 7) is 0. The average Bonchev–Trinajstić information content (AvgIpc) is 2.15. The number of carbonyl (C=O) groups excluding carboxylic acids is 1. The van der Waals surface area contributed by atoms with E-state index < -0.39 is 0 Å². The van der Waals surface area contributed by atoms with Crippen LogP contribution in [0.2, 0.25) is 5.02 Å². The molecule has 0 spiro atoms. The first-order chi connectivity index (χ1) is 6.56. The van der Waals surface area contributed by atoms with Crippen LogP contribution in [0.1, 0.15) is 10.4 Å². The quantitative estimate of drug-likeness (QED) is 0.746. The van der Waals surface area contributed by atoms with Gasteiger partial charge in [-0.3, -0.25) is 9.63 Å². The first-order valence-electron chi connectivity index (χ1n) is 3.79. The van der Waals surface area contributed by atoms with Gasteiger partial charge >= 0.3 is 0 Å². The van der Waals surface area contributed by atoms with Gasteiger partial charge in [0.15, 0.2) is 0 Å². The number of anilines is 1. The Labute approximate surface area is 86.4 Å². The van der Waals surface area contributed by atoms with Gasteiger partial charge in [0.2, 0.25) is 0 Å². The first-order valence-corrected chi connectivity index (χ1v) is 4.17. The van der Waals surface area contributed by atoms with Crippen molar-refractivity contribution in [2.45, 2.75) is 0 Å². The van der Waals surface area contributed by atoms with E-state index in [1.165, 1.54) is 26.4 Å². The SMILES string of the molecule is CON(C)C(=O)c1cnc(N)cc1Cl. The number of hydroxylamine groups is 2. The molecule has 0 unspecified atom stereocenters. The lowest BCUT2D eigenvalue weighted by molar-refractivity contribution is -0.0757. The van der Waals surface area contributed by atoms with E-state index in [4.69, 9.17) is 22.2 Å². The molecular formula is C8H10ClN3O2. The Morgan fingerprint density at radius 2 is 2.36 bits per heavy atom. The second-order valence-corrected chi connectivity index (χ2v) is 2.98. The van der Waals surface area contributed by atoms with Crippen LogP contribution in [0.4, 0.5) is 5.82 Å². The van der Waals surface area contributed by atoms with Crippen LogP contribution in [0.25, 0.3) is 0 Å². The topological polar surface area (TPSA) is 68.5 Å². The molecule has 1 aromatic rings.